The molecule has 1 aliphatic heterocycles. The van der Waals surface area contributed by atoms with E-state index in [1.165, 1.54) is 12.8 Å². The van der Waals surface area contributed by atoms with Gasteiger partial charge in [0.15, 0.2) is 5.82 Å². The molecule has 0 radical (unpaired) electrons. The number of hydrogen-bond donors (Lipinski definition) is 0. The summed E-state index contributed by atoms with van der Waals surface area (Å²) in [5, 5.41) is 12.5. The van der Waals surface area contributed by atoms with Crippen LogP contribution in [-0.2, 0) is 6.42 Å². The Bertz CT molecular complexity index is 663. The maximum Gasteiger partial charge on any atom is 0.233 e. The summed E-state index contributed by atoms with van der Waals surface area (Å²) in [6, 6.07) is 0.125. The smallest absolute Gasteiger partial charge is 0.233 e. The predicted octanol–water partition coefficient (Wildman–Crippen LogP) is 2.83. The van der Waals surface area contributed by atoms with Crippen molar-refractivity contribution in [3.8, 4) is 0 Å². The molecular formula is C16H23N5O2. The molecule has 4 rings (SSSR count). The fraction of sp³-hybridized carbons (Fsp3) is 0.750. The van der Waals surface area contributed by atoms with Crippen LogP contribution in [0.2, 0.25) is 0 Å². The second kappa shape index (κ2) is 6.03. The van der Waals surface area contributed by atoms with Crippen molar-refractivity contribution >= 4 is 0 Å². The van der Waals surface area contributed by atoms with Crippen molar-refractivity contribution in [2.45, 2.75) is 63.8 Å². The molecule has 2 fully saturated rings. The van der Waals surface area contributed by atoms with E-state index >= 15 is 0 Å². The predicted molar refractivity (Wildman–Crippen MR) is 81.9 cm³/mol. The quantitative estimate of drug-likeness (QED) is 0.838. The molecule has 1 saturated heterocycles. The van der Waals surface area contributed by atoms with Gasteiger partial charge in [0.2, 0.25) is 17.7 Å². The van der Waals surface area contributed by atoms with E-state index in [-0.39, 0.29) is 6.04 Å². The van der Waals surface area contributed by atoms with Crippen LogP contribution in [0.5, 0.6) is 0 Å². The maximum absolute atomic E-state index is 5.72. The van der Waals surface area contributed by atoms with Gasteiger partial charge in [-0.2, -0.15) is 4.98 Å². The van der Waals surface area contributed by atoms with Crippen LogP contribution in [0.4, 0.5) is 0 Å². The van der Waals surface area contributed by atoms with Crippen LogP contribution in [-0.4, -0.2) is 38.3 Å². The molecule has 0 bridgehead atoms. The summed E-state index contributed by atoms with van der Waals surface area (Å²) in [6.07, 6.45) is 5.38. The Hall–Kier alpha value is -1.76. The molecule has 124 valence electrons. The Balaban J connectivity index is 1.45. The van der Waals surface area contributed by atoms with Crippen molar-refractivity contribution in [3.05, 3.63) is 23.5 Å². The Labute approximate surface area is 135 Å². The van der Waals surface area contributed by atoms with Crippen molar-refractivity contribution in [1.82, 2.24) is 25.2 Å². The van der Waals surface area contributed by atoms with Gasteiger partial charge in [0, 0.05) is 24.8 Å². The van der Waals surface area contributed by atoms with E-state index in [9.17, 15) is 0 Å². The Morgan fingerprint density at radius 1 is 1.22 bits per heavy atom. The van der Waals surface area contributed by atoms with Crippen molar-refractivity contribution in [2.75, 3.05) is 13.1 Å². The summed E-state index contributed by atoms with van der Waals surface area (Å²) in [6.45, 7) is 6.09. The minimum absolute atomic E-state index is 0.125. The molecule has 2 aromatic rings. The highest BCUT2D eigenvalue weighted by atomic mass is 16.5. The van der Waals surface area contributed by atoms with Gasteiger partial charge in [-0.3, -0.25) is 4.90 Å². The van der Waals surface area contributed by atoms with Crippen molar-refractivity contribution in [1.29, 1.82) is 0 Å². The van der Waals surface area contributed by atoms with Gasteiger partial charge < -0.3 is 8.94 Å². The first-order valence-corrected chi connectivity index (χ1v) is 8.64. The SMILES string of the molecule is CCc1nnc([C@@H](C)N2CCC[C@H](c3noc(C4CC4)n3)C2)o1. The monoisotopic (exact) mass is 317 g/mol. The van der Waals surface area contributed by atoms with Crippen LogP contribution in [0.3, 0.4) is 0 Å². The first-order chi connectivity index (χ1) is 11.2. The molecule has 0 amide bonds. The van der Waals surface area contributed by atoms with E-state index in [0.29, 0.717) is 23.6 Å². The zero-order valence-corrected chi connectivity index (χ0v) is 13.7. The highest BCUT2D eigenvalue weighted by Gasteiger charge is 2.33. The van der Waals surface area contributed by atoms with Crippen molar-refractivity contribution in [2.24, 2.45) is 0 Å². The summed E-state index contributed by atoms with van der Waals surface area (Å²) in [5.74, 6) is 3.94. The van der Waals surface area contributed by atoms with Crippen LogP contribution in [0, 0.1) is 0 Å². The number of rotatable bonds is 5. The van der Waals surface area contributed by atoms with Gasteiger partial charge in [-0.15, -0.1) is 10.2 Å². The van der Waals surface area contributed by atoms with Crippen LogP contribution >= 0.6 is 0 Å². The second-order valence-electron chi connectivity index (χ2n) is 6.66. The zero-order chi connectivity index (χ0) is 15.8. The van der Waals surface area contributed by atoms with Gasteiger partial charge >= 0.3 is 0 Å². The van der Waals surface area contributed by atoms with E-state index in [0.717, 1.165) is 44.1 Å². The molecule has 7 nitrogen and oxygen atoms in total. The molecule has 0 N–H and O–H groups in total. The lowest BCUT2D eigenvalue weighted by Crippen LogP contribution is -2.36. The Morgan fingerprint density at radius 2 is 2.09 bits per heavy atom. The molecule has 2 atom stereocenters. The number of nitrogens with zero attached hydrogens (tertiary/aromatic N) is 5. The van der Waals surface area contributed by atoms with Gasteiger partial charge in [-0.25, -0.2) is 0 Å². The lowest BCUT2D eigenvalue weighted by molar-refractivity contribution is 0.134. The van der Waals surface area contributed by atoms with Crippen LogP contribution < -0.4 is 0 Å². The van der Waals surface area contributed by atoms with Gasteiger partial charge in [0.05, 0.1) is 6.04 Å². The molecule has 1 saturated carbocycles. The molecule has 0 aromatic carbocycles. The third kappa shape index (κ3) is 3.02. The lowest BCUT2D eigenvalue weighted by atomic mass is 9.96. The zero-order valence-electron chi connectivity index (χ0n) is 13.7. The lowest BCUT2D eigenvalue weighted by Gasteiger charge is -2.34. The summed E-state index contributed by atoms with van der Waals surface area (Å²) in [5.41, 5.74) is 0. The Kier molecular flexibility index (Phi) is 3.88. The van der Waals surface area contributed by atoms with Gasteiger partial charge in [0.1, 0.15) is 0 Å². The van der Waals surface area contributed by atoms with Crippen molar-refractivity contribution in [3.63, 3.8) is 0 Å². The van der Waals surface area contributed by atoms with E-state index < -0.39 is 0 Å². The summed E-state index contributed by atoms with van der Waals surface area (Å²) in [7, 11) is 0. The highest BCUT2D eigenvalue weighted by Crippen LogP contribution is 2.40. The molecule has 0 unspecified atom stereocenters. The third-order valence-electron chi connectivity index (χ3n) is 4.89. The summed E-state index contributed by atoms with van der Waals surface area (Å²) < 4.78 is 11.1. The topological polar surface area (TPSA) is 81.1 Å². The second-order valence-corrected chi connectivity index (χ2v) is 6.66. The minimum atomic E-state index is 0.125. The molecule has 1 aliphatic carbocycles. The molecule has 0 spiro atoms. The van der Waals surface area contributed by atoms with E-state index in [1.54, 1.807) is 0 Å². The first kappa shape index (κ1) is 14.8. The molecule has 3 heterocycles. The van der Waals surface area contributed by atoms with Crippen molar-refractivity contribution < 1.29 is 8.94 Å². The van der Waals surface area contributed by atoms with Gasteiger partial charge in [-0.1, -0.05) is 12.1 Å². The van der Waals surface area contributed by atoms with Crippen LogP contribution in [0.15, 0.2) is 8.94 Å². The first-order valence-electron chi connectivity index (χ1n) is 8.64. The normalized spacial score (nSPS) is 24.0. The standard InChI is InChI=1S/C16H23N5O2/c1-3-13-18-19-15(22-13)10(2)21-8-4-5-12(9-21)14-17-16(23-20-14)11-6-7-11/h10-12H,3-9H2,1-2H3/t10-,12+/m1/s1. The number of likely N-dealkylation sites (tertiary alicyclic amines) is 1. The molecule has 2 aromatic heterocycles. The molecular weight excluding hydrogens is 294 g/mol. The fourth-order valence-electron chi connectivity index (χ4n) is 3.21. The average molecular weight is 317 g/mol. The largest absolute Gasteiger partial charge is 0.424 e. The number of aryl methyl sites for hydroxylation is 1. The average Bonchev–Trinajstić information content (AvgIpc) is 3.14. The fourth-order valence-corrected chi connectivity index (χ4v) is 3.21. The number of aromatic nitrogens is 4. The molecule has 2 aliphatic rings. The molecule has 7 heteroatoms. The summed E-state index contributed by atoms with van der Waals surface area (Å²) >= 11 is 0. The van der Waals surface area contributed by atoms with Crippen LogP contribution in [0.25, 0.3) is 0 Å². The summed E-state index contributed by atoms with van der Waals surface area (Å²) in [4.78, 5) is 7.01. The maximum atomic E-state index is 5.72. The third-order valence-corrected chi connectivity index (χ3v) is 4.89. The minimum Gasteiger partial charge on any atom is -0.424 e. The van der Waals surface area contributed by atoms with E-state index in [1.807, 2.05) is 6.92 Å². The van der Waals surface area contributed by atoms with Gasteiger partial charge in [0.25, 0.3) is 0 Å². The highest BCUT2D eigenvalue weighted by molar-refractivity contribution is 5.06. The van der Waals surface area contributed by atoms with Crippen LogP contribution in [0.1, 0.15) is 80.9 Å². The molecule has 23 heavy (non-hydrogen) atoms. The Morgan fingerprint density at radius 3 is 2.83 bits per heavy atom. The number of hydrogen-bond acceptors (Lipinski definition) is 7. The van der Waals surface area contributed by atoms with E-state index in [4.69, 9.17) is 8.94 Å². The van der Waals surface area contributed by atoms with E-state index in [2.05, 4.69) is 32.2 Å². The number of piperidine rings is 1. The van der Waals surface area contributed by atoms with Gasteiger partial charge in [-0.05, 0) is 39.2 Å².